The topological polar surface area (TPSA) is 70.4 Å². The zero-order valence-electron chi connectivity index (χ0n) is 18.4. The van der Waals surface area contributed by atoms with Crippen LogP contribution in [-0.2, 0) is 17.7 Å². The van der Waals surface area contributed by atoms with Crippen molar-refractivity contribution in [1.29, 1.82) is 0 Å². The molecule has 0 aromatic carbocycles. The van der Waals surface area contributed by atoms with Crippen LogP contribution in [-0.4, -0.2) is 77.4 Å². The molecule has 5 heterocycles. The molecule has 1 fully saturated rings. The van der Waals surface area contributed by atoms with E-state index in [4.69, 9.17) is 4.74 Å². The molecular weight excluding hydrogens is 426 g/mol. The number of amides is 1. The number of rotatable bonds is 4. The van der Waals surface area contributed by atoms with Gasteiger partial charge in [0, 0.05) is 49.2 Å². The first-order valence-corrected chi connectivity index (χ1v) is 11.9. The van der Waals surface area contributed by atoms with E-state index >= 15 is 0 Å². The standard InChI is InChI=1S/C23H27N5O3S/c1-3-31-23(30)18-15-32-20-14-27(7-6-17(18)20)22(29)19-12-24-21-5-4-16(13-28(19)21)26-10-8-25(2)9-11-26/h4-5,12-13,15H,3,6-11,14H2,1-2H3. The van der Waals surface area contributed by atoms with Gasteiger partial charge in [0.25, 0.3) is 5.91 Å². The highest BCUT2D eigenvalue weighted by molar-refractivity contribution is 7.10. The fourth-order valence-electron chi connectivity index (χ4n) is 4.42. The molecule has 1 amide bonds. The predicted octanol–water partition coefficient (Wildman–Crippen LogP) is 2.52. The highest BCUT2D eigenvalue weighted by Gasteiger charge is 2.29. The van der Waals surface area contributed by atoms with E-state index in [1.807, 2.05) is 33.9 Å². The second-order valence-electron chi connectivity index (χ2n) is 8.30. The van der Waals surface area contributed by atoms with Gasteiger partial charge in [0.2, 0.25) is 0 Å². The number of hydrogen-bond acceptors (Lipinski definition) is 7. The number of likely N-dealkylation sites (N-methyl/N-ethyl adjacent to an activating group) is 1. The number of carbonyl (C=O) groups is 2. The SMILES string of the molecule is CCOC(=O)c1csc2c1CCN(C(=O)c1cnc3ccc(N4CCN(C)CC4)cn13)C2. The Morgan fingerprint density at radius 3 is 2.75 bits per heavy atom. The minimum atomic E-state index is -0.275. The number of esters is 1. The summed E-state index contributed by atoms with van der Waals surface area (Å²) >= 11 is 1.52. The molecule has 0 spiro atoms. The molecule has 0 radical (unpaired) electrons. The number of pyridine rings is 1. The van der Waals surface area contributed by atoms with Crippen molar-refractivity contribution in [2.45, 2.75) is 19.9 Å². The van der Waals surface area contributed by atoms with E-state index in [1.54, 1.807) is 6.20 Å². The normalized spacial score (nSPS) is 16.9. The smallest absolute Gasteiger partial charge is 0.339 e. The fraction of sp³-hybridized carbons (Fsp3) is 0.435. The summed E-state index contributed by atoms with van der Waals surface area (Å²) in [6, 6.07) is 4.06. The highest BCUT2D eigenvalue weighted by atomic mass is 32.1. The molecular formula is C23H27N5O3S. The lowest BCUT2D eigenvalue weighted by Crippen LogP contribution is -2.44. The van der Waals surface area contributed by atoms with Crippen molar-refractivity contribution in [2.75, 3.05) is 51.3 Å². The molecule has 8 nitrogen and oxygen atoms in total. The second kappa shape index (κ2) is 8.55. The maximum Gasteiger partial charge on any atom is 0.339 e. The Hall–Kier alpha value is -2.91. The van der Waals surface area contributed by atoms with Crippen LogP contribution in [0.15, 0.2) is 29.9 Å². The minimum absolute atomic E-state index is 0.0373. The van der Waals surface area contributed by atoms with E-state index < -0.39 is 0 Å². The van der Waals surface area contributed by atoms with Gasteiger partial charge in [0.15, 0.2) is 0 Å². The molecule has 9 heteroatoms. The molecule has 0 saturated carbocycles. The van der Waals surface area contributed by atoms with Crippen molar-refractivity contribution in [1.82, 2.24) is 19.2 Å². The second-order valence-corrected chi connectivity index (χ2v) is 9.26. The lowest BCUT2D eigenvalue weighted by molar-refractivity contribution is 0.0525. The van der Waals surface area contributed by atoms with E-state index in [2.05, 4.69) is 27.9 Å². The van der Waals surface area contributed by atoms with Crippen molar-refractivity contribution >= 4 is 34.5 Å². The van der Waals surface area contributed by atoms with Crippen LogP contribution in [0.4, 0.5) is 5.69 Å². The molecule has 2 aliphatic rings. The number of fused-ring (bicyclic) bond motifs is 2. The summed E-state index contributed by atoms with van der Waals surface area (Å²) in [6.07, 6.45) is 4.35. The van der Waals surface area contributed by atoms with Crippen LogP contribution in [0.1, 0.15) is 38.2 Å². The van der Waals surface area contributed by atoms with Crippen LogP contribution in [0.3, 0.4) is 0 Å². The Morgan fingerprint density at radius 1 is 1.16 bits per heavy atom. The zero-order valence-corrected chi connectivity index (χ0v) is 19.2. The molecule has 0 atom stereocenters. The Morgan fingerprint density at radius 2 is 1.97 bits per heavy atom. The summed E-state index contributed by atoms with van der Waals surface area (Å²) in [5.74, 6) is -0.312. The maximum absolute atomic E-state index is 13.4. The third-order valence-electron chi connectivity index (χ3n) is 6.31. The molecule has 1 saturated heterocycles. The van der Waals surface area contributed by atoms with Crippen LogP contribution in [0.2, 0.25) is 0 Å². The Bertz CT molecular complexity index is 1160. The number of piperazine rings is 1. The number of thiophene rings is 1. The Balaban J connectivity index is 1.37. The van der Waals surface area contributed by atoms with Gasteiger partial charge in [0.1, 0.15) is 11.3 Å². The summed E-state index contributed by atoms with van der Waals surface area (Å²) in [7, 11) is 2.14. The number of ether oxygens (including phenoxy) is 1. The molecule has 0 N–H and O–H groups in total. The molecule has 0 aliphatic carbocycles. The molecule has 168 valence electrons. The number of nitrogens with zero attached hydrogens (tertiary/aromatic N) is 5. The van der Waals surface area contributed by atoms with E-state index in [0.717, 1.165) is 48.0 Å². The first-order chi connectivity index (χ1) is 15.5. The largest absolute Gasteiger partial charge is 0.462 e. The summed E-state index contributed by atoms with van der Waals surface area (Å²) in [5.41, 5.74) is 4.11. The molecule has 3 aromatic heterocycles. The van der Waals surface area contributed by atoms with Crippen molar-refractivity contribution in [3.63, 3.8) is 0 Å². The maximum atomic E-state index is 13.4. The van der Waals surface area contributed by atoms with Gasteiger partial charge in [-0.3, -0.25) is 9.20 Å². The molecule has 32 heavy (non-hydrogen) atoms. The molecule has 0 unspecified atom stereocenters. The van der Waals surface area contributed by atoms with Crippen molar-refractivity contribution in [3.8, 4) is 0 Å². The van der Waals surface area contributed by atoms with Crippen molar-refractivity contribution in [2.24, 2.45) is 0 Å². The molecule has 2 aliphatic heterocycles. The Kier molecular flexibility index (Phi) is 5.60. The lowest BCUT2D eigenvalue weighted by Gasteiger charge is -2.34. The number of anilines is 1. The van der Waals surface area contributed by atoms with E-state index in [1.165, 1.54) is 11.3 Å². The van der Waals surface area contributed by atoms with Crippen molar-refractivity contribution in [3.05, 3.63) is 51.6 Å². The summed E-state index contributed by atoms with van der Waals surface area (Å²) in [6.45, 7) is 7.23. The summed E-state index contributed by atoms with van der Waals surface area (Å²) < 4.78 is 7.08. The average molecular weight is 454 g/mol. The number of carbonyl (C=O) groups excluding carboxylic acids is 2. The Labute approximate surface area is 191 Å². The van der Waals surface area contributed by atoms with Crippen molar-refractivity contribution < 1.29 is 14.3 Å². The highest BCUT2D eigenvalue weighted by Crippen LogP contribution is 2.30. The zero-order chi connectivity index (χ0) is 22.2. The molecule has 3 aromatic rings. The van der Waals surface area contributed by atoms with Gasteiger partial charge in [-0.15, -0.1) is 11.3 Å². The quantitative estimate of drug-likeness (QED) is 0.566. The first kappa shape index (κ1) is 21.0. The number of imidazole rings is 1. The van der Waals surface area contributed by atoms with Gasteiger partial charge in [-0.2, -0.15) is 0 Å². The van der Waals surface area contributed by atoms with Gasteiger partial charge in [-0.05, 0) is 38.1 Å². The molecule has 0 bridgehead atoms. The van der Waals surface area contributed by atoms with Gasteiger partial charge in [-0.1, -0.05) is 0 Å². The number of aromatic nitrogens is 2. The monoisotopic (exact) mass is 453 g/mol. The fourth-order valence-corrected chi connectivity index (χ4v) is 5.51. The van der Waals surface area contributed by atoms with E-state index in [9.17, 15) is 9.59 Å². The van der Waals surface area contributed by atoms with E-state index in [0.29, 0.717) is 37.4 Å². The molecule has 5 rings (SSSR count). The predicted molar refractivity (Wildman–Crippen MR) is 124 cm³/mol. The third-order valence-corrected chi connectivity index (χ3v) is 7.32. The summed E-state index contributed by atoms with van der Waals surface area (Å²) in [5, 5.41) is 1.85. The van der Waals surface area contributed by atoms with Crippen LogP contribution in [0, 0.1) is 0 Å². The van der Waals surface area contributed by atoms with Gasteiger partial charge in [-0.25, -0.2) is 9.78 Å². The van der Waals surface area contributed by atoms with Crippen LogP contribution in [0.25, 0.3) is 5.65 Å². The minimum Gasteiger partial charge on any atom is -0.462 e. The summed E-state index contributed by atoms with van der Waals surface area (Å²) in [4.78, 5) is 37.6. The first-order valence-electron chi connectivity index (χ1n) is 11.0. The third kappa shape index (κ3) is 3.75. The van der Waals surface area contributed by atoms with Gasteiger partial charge in [0.05, 0.1) is 30.6 Å². The van der Waals surface area contributed by atoms with E-state index in [-0.39, 0.29) is 11.9 Å². The number of hydrogen-bond donors (Lipinski definition) is 0. The lowest BCUT2D eigenvalue weighted by atomic mass is 10.0. The van der Waals surface area contributed by atoms with Crippen LogP contribution < -0.4 is 4.90 Å². The average Bonchev–Trinajstić information content (AvgIpc) is 3.42. The van der Waals surface area contributed by atoms with Crippen LogP contribution in [0.5, 0.6) is 0 Å². The van der Waals surface area contributed by atoms with Gasteiger partial charge >= 0.3 is 5.97 Å². The van der Waals surface area contributed by atoms with Gasteiger partial charge < -0.3 is 19.4 Å². The van der Waals surface area contributed by atoms with Crippen LogP contribution >= 0.6 is 11.3 Å².